The van der Waals surface area contributed by atoms with Gasteiger partial charge in [-0.1, -0.05) is 57.2 Å². The molecule has 0 aliphatic carbocycles. The first-order valence-corrected chi connectivity index (χ1v) is 8.41. The third-order valence-electron chi connectivity index (χ3n) is 4.06. The first-order chi connectivity index (χ1) is 11.9. The van der Waals surface area contributed by atoms with E-state index in [9.17, 15) is 9.59 Å². The quantitative estimate of drug-likeness (QED) is 0.752. The molecule has 25 heavy (non-hydrogen) atoms. The van der Waals surface area contributed by atoms with Gasteiger partial charge in [-0.15, -0.1) is 0 Å². The van der Waals surface area contributed by atoms with Crippen molar-refractivity contribution in [3.05, 3.63) is 60.2 Å². The van der Waals surface area contributed by atoms with Gasteiger partial charge in [0, 0.05) is 23.3 Å². The monoisotopic (exact) mass is 339 g/mol. The van der Waals surface area contributed by atoms with Gasteiger partial charge >= 0.3 is 0 Å². The normalized spacial score (nSPS) is 13.2. The third kappa shape index (κ3) is 5.16. The van der Waals surface area contributed by atoms with Gasteiger partial charge in [-0.3, -0.25) is 9.59 Å². The largest absolute Gasteiger partial charge is 0.326 e. The van der Waals surface area contributed by atoms with Crippen molar-refractivity contribution in [2.45, 2.75) is 26.8 Å². The van der Waals surface area contributed by atoms with E-state index in [-0.39, 0.29) is 23.8 Å². The minimum Gasteiger partial charge on any atom is -0.326 e. The number of benzene rings is 2. The van der Waals surface area contributed by atoms with Gasteiger partial charge in [0.15, 0.2) is 0 Å². The highest BCUT2D eigenvalue weighted by molar-refractivity contribution is 5.95. The first-order valence-electron chi connectivity index (χ1n) is 8.41. The smallest absolute Gasteiger partial charge is 0.229 e. The Morgan fingerprint density at radius 2 is 1.40 bits per heavy atom. The second-order valence-corrected chi connectivity index (χ2v) is 6.44. The second-order valence-electron chi connectivity index (χ2n) is 6.44. The molecule has 0 aromatic heterocycles. The van der Waals surface area contributed by atoms with E-state index in [1.807, 2.05) is 44.2 Å². The maximum atomic E-state index is 12.5. The molecule has 2 rings (SSSR count). The minimum absolute atomic E-state index is 0.0667. The Balaban J connectivity index is 2.03. The molecule has 2 amide bonds. The predicted octanol–water partition coefficient (Wildman–Crippen LogP) is 3.56. The maximum Gasteiger partial charge on any atom is 0.229 e. The zero-order valence-electron chi connectivity index (χ0n) is 14.8. The maximum absolute atomic E-state index is 12.5. The van der Waals surface area contributed by atoms with E-state index in [0.29, 0.717) is 11.4 Å². The molecular formula is C20H25N3O2. The molecule has 0 fully saturated rings. The lowest BCUT2D eigenvalue weighted by molar-refractivity contribution is -0.120. The summed E-state index contributed by atoms with van der Waals surface area (Å²) in [6.45, 7) is 5.46. The van der Waals surface area contributed by atoms with Crippen LogP contribution >= 0.6 is 0 Å². The molecule has 0 saturated heterocycles. The molecule has 0 saturated carbocycles. The van der Waals surface area contributed by atoms with Crippen LogP contribution < -0.4 is 16.4 Å². The van der Waals surface area contributed by atoms with Crippen LogP contribution in [-0.4, -0.2) is 11.8 Å². The van der Waals surface area contributed by atoms with Crippen LogP contribution in [0.25, 0.3) is 0 Å². The van der Waals surface area contributed by atoms with Crippen LogP contribution in [0, 0.1) is 11.8 Å². The number of rotatable bonds is 6. The average Bonchev–Trinajstić information content (AvgIpc) is 2.61. The van der Waals surface area contributed by atoms with E-state index in [4.69, 9.17) is 5.73 Å². The molecule has 5 nitrogen and oxygen atoms in total. The van der Waals surface area contributed by atoms with Crippen LogP contribution in [0.15, 0.2) is 54.6 Å². The molecule has 2 unspecified atom stereocenters. The number of carbonyl (C=O) groups is 2. The van der Waals surface area contributed by atoms with E-state index in [1.54, 1.807) is 31.2 Å². The third-order valence-corrected chi connectivity index (χ3v) is 4.06. The van der Waals surface area contributed by atoms with E-state index >= 15 is 0 Å². The molecule has 0 aliphatic heterocycles. The predicted molar refractivity (Wildman–Crippen MR) is 101 cm³/mol. The van der Waals surface area contributed by atoms with Gasteiger partial charge in [0.05, 0.1) is 5.92 Å². The van der Waals surface area contributed by atoms with E-state index in [1.165, 1.54) is 0 Å². The summed E-state index contributed by atoms with van der Waals surface area (Å²) in [5, 5.41) is 5.68. The van der Waals surface area contributed by atoms with Crippen molar-refractivity contribution < 1.29 is 9.59 Å². The lowest BCUT2D eigenvalue weighted by atomic mass is 9.94. The van der Waals surface area contributed by atoms with Crippen LogP contribution in [-0.2, 0) is 9.59 Å². The number of amides is 2. The molecule has 2 atom stereocenters. The molecule has 4 N–H and O–H groups in total. The van der Waals surface area contributed by atoms with Crippen LogP contribution in [0.5, 0.6) is 0 Å². The number of nitrogens with one attached hydrogen (secondary N) is 2. The number of nitrogens with two attached hydrogens (primary N) is 1. The summed E-state index contributed by atoms with van der Waals surface area (Å²) in [7, 11) is 0. The second kappa shape index (κ2) is 8.44. The van der Waals surface area contributed by atoms with Crippen molar-refractivity contribution in [2.24, 2.45) is 17.6 Å². The van der Waals surface area contributed by atoms with Crippen molar-refractivity contribution in [1.82, 2.24) is 0 Å². The fourth-order valence-corrected chi connectivity index (χ4v) is 2.34. The molecule has 0 spiro atoms. The Labute approximate surface area is 148 Å². The first kappa shape index (κ1) is 18.7. The van der Waals surface area contributed by atoms with Gasteiger partial charge in [0.2, 0.25) is 11.8 Å². The SMILES string of the molecule is CC(C)C(=O)Nc1cccc(NC(=O)C(C)C(N)c2ccccc2)c1. The molecule has 0 aliphatic rings. The van der Waals surface area contributed by atoms with Crippen LogP contribution in [0.1, 0.15) is 32.4 Å². The van der Waals surface area contributed by atoms with Gasteiger partial charge in [0.25, 0.3) is 0 Å². The Hall–Kier alpha value is -2.66. The highest BCUT2D eigenvalue weighted by atomic mass is 16.2. The molecule has 132 valence electrons. The van der Waals surface area contributed by atoms with E-state index in [2.05, 4.69) is 10.6 Å². The summed E-state index contributed by atoms with van der Waals surface area (Å²) in [4.78, 5) is 24.3. The zero-order valence-corrected chi connectivity index (χ0v) is 14.8. The lowest BCUT2D eigenvalue weighted by Gasteiger charge is -2.20. The molecule has 5 heteroatoms. The molecular weight excluding hydrogens is 314 g/mol. The topological polar surface area (TPSA) is 84.2 Å². The summed E-state index contributed by atoms with van der Waals surface area (Å²) in [6, 6.07) is 16.3. The van der Waals surface area contributed by atoms with Gasteiger partial charge in [-0.2, -0.15) is 0 Å². The molecule has 0 bridgehead atoms. The van der Waals surface area contributed by atoms with Gasteiger partial charge < -0.3 is 16.4 Å². The van der Waals surface area contributed by atoms with Crippen LogP contribution in [0.3, 0.4) is 0 Å². The molecule has 0 radical (unpaired) electrons. The summed E-state index contributed by atoms with van der Waals surface area (Å²) >= 11 is 0. The minimum atomic E-state index is -0.392. The summed E-state index contributed by atoms with van der Waals surface area (Å²) < 4.78 is 0. The van der Waals surface area contributed by atoms with Crippen molar-refractivity contribution in [1.29, 1.82) is 0 Å². The van der Waals surface area contributed by atoms with Gasteiger partial charge in [-0.05, 0) is 23.8 Å². The highest BCUT2D eigenvalue weighted by Gasteiger charge is 2.22. The van der Waals surface area contributed by atoms with E-state index in [0.717, 1.165) is 5.56 Å². The number of carbonyl (C=O) groups excluding carboxylic acids is 2. The molecule has 2 aromatic rings. The summed E-state index contributed by atoms with van der Waals surface area (Å²) in [6.07, 6.45) is 0. The Kier molecular flexibility index (Phi) is 6.31. The van der Waals surface area contributed by atoms with E-state index < -0.39 is 5.92 Å². The summed E-state index contributed by atoms with van der Waals surface area (Å²) in [5.74, 6) is -0.731. The molecule has 0 heterocycles. The standard InChI is InChI=1S/C20H25N3O2/c1-13(2)19(24)22-16-10-7-11-17(12-16)23-20(25)14(3)18(21)15-8-5-4-6-9-15/h4-14,18H,21H2,1-3H3,(H,22,24)(H,23,25). The number of hydrogen-bond donors (Lipinski definition) is 3. The summed E-state index contributed by atoms with van der Waals surface area (Å²) in [5.41, 5.74) is 8.40. The highest BCUT2D eigenvalue weighted by Crippen LogP contribution is 2.22. The average molecular weight is 339 g/mol. The van der Waals surface area contributed by atoms with Crippen molar-refractivity contribution >= 4 is 23.2 Å². The van der Waals surface area contributed by atoms with Crippen molar-refractivity contribution in [3.8, 4) is 0 Å². The fraction of sp³-hybridized carbons (Fsp3) is 0.300. The number of hydrogen-bond acceptors (Lipinski definition) is 3. The zero-order chi connectivity index (χ0) is 18.4. The van der Waals surface area contributed by atoms with Crippen LogP contribution in [0.4, 0.5) is 11.4 Å². The van der Waals surface area contributed by atoms with Crippen molar-refractivity contribution in [2.75, 3.05) is 10.6 Å². The van der Waals surface area contributed by atoms with Crippen molar-refractivity contribution in [3.63, 3.8) is 0 Å². The Morgan fingerprint density at radius 1 is 0.840 bits per heavy atom. The van der Waals surface area contributed by atoms with Gasteiger partial charge in [-0.25, -0.2) is 0 Å². The Morgan fingerprint density at radius 3 is 1.96 bits per heavy atom. The Bertz CT molecular complexity index is 729. The van der Waals surface area contributed by atoms with Gasteiger partial charge in [0.1, 0.15) is 0 Å². The number of anilines is 2. The van der Waals surface area contributed by atoms with Crippen LogP contribution in [0.2, 0.25) is 0 Å². The molecule has 2 aromatic carbocycles. The lowest BCUT2D eigenvalue weighted by Crippen LogP contribution is -2.30. The fourth-order valence-electron chi connectivity index (χ4n) is 2.34.